The Morgan fingerprint density at radius 2 is 1.74 bits per heavy atom. The van der Waals surface area contributed by atoms with Gasteiger partial charge < -0.3 is 14.6 Å². The molecule has 0 spiro atoms. The van der Waals surface area contributed by atoms with Gasteiger partial charge in [0.25, 0.3) is 5.91 Å². The van der Waals surface area contributed by atoms with Crippen molar-refractivity contribution in [1.29, 1.82) is 0 Å². The smallest absolute Gasteiger partial charge is 0.345 e. The molecule has 1 N–H and O–H groups in total. The summed E-state index contributed by atoms with van der Waals surface area (Å²) in [6.45, 7) is 1.64. The monoisotopic (exact) mass is 372 g/mol. The molecule has 138 valence electrons. The topological polar surface area (TPSA) is 81.4 Å². The Kier molecular flexibility index (Phi) is 5.25. The van der Waals surface area contributed by atoms with Crippen LogP contribution in [0.3, 0.4) is 0 Å². The van der Waals surface area contributed by atoms with Crippen LogP contribution in [0.2, 0.25) is 0 Å². The average Bonchev–Trinajstić information content (AvgIpc) is 3.05. The fraction of sp³-hybridized carbons (Fsp3) is 0.105. The maximum Gasteiger partial charge on any atom is 0.345 e. The maximum absolute atomic E-state index is 13.8. The van der Waals surface area contributed by atoms with Gasteiger partial charge in [-0.1, -0.05) is 41.6 Å². The molecular weight excluding hydrogens is 358 g/mol. The molecule has 8 heteroatoms. The van der Waals surface area contributed by atoms with Crippen LogP contribution in [0.4, 0.5) is 14.6 Å². The normalized spacial score (nSPS) is 11.7. The number of aryl methyl sites for hydroxylation is 1. The van der Waals surface area contributed by atoms with Gasteiger partial charge in [-0.05, 0) is 19.1 Å². The highest BCUT2D eigenvalue weighted by molar-refractivity contribution is 5.97. The summed E-state index contributed by atoms with van der Waals surface area (Å²) in [6.07, 6.45) is -1.45. The zero-order valence-electron chi connectivity index (χ0n) is 14.1. The van der Waals surface area contributed by atoms with Crippen molar-refractivity contribution < 1.29 is 27.6 Å². The van der Waals surface area contributed by atoms with Crippen LogP contribution in [0.15, 0.2) is 59.1 Å². The molecule has 2 aromatic carbocycles. The molecule has 0 saturated heterocycles. The highest BCUT2D eigenvalue weighted by atomic mass is 19.1. The number of esters is 1. The van der Waals surface area contributed by atoms with Gasteiger partial charge in [0.05, 0.1) is 0 Å². The summed E-state index contributed by atoms with van der Waals surface area (Å²) in [5.41, 5.74) is -0.552. The molecule has 0 saturated carbocycles. The molecule has 1 atom stereocenters. The van der Waals surface area contributed by atoms with Gasteiger partial charge in [-0.15, -0.1) is 0 Å². The molecule has 1 heterocycles. The van der Waals surface area contributed by atoms with Crippen LogP contribution in [-0.2, 0) is 9.53 Å². The Balaban J connectivity index is 1.88. The molecule has 0 radical (unpaired) electrons. The zero-order valence-corrected chi connectivity index (χ0v) is 14.1. The number of nitrogens with one attached hydrogen (secondary N) is 1. The number of hydrogen-bond donors (Lipinski definition) is 1. The van der Waals surface area contributed by atoms with Crippen molar-refractivity contribution in [1.82, 2.24) is 5.16 Å². The van der Waals surface area contributed by atoms with Gasteiger partial charge >= 0.3 is 5.97 Å². The Morgan fingerprint density at radius 3 is 2.33 bits per heavy atom. The predicted octanol–water partition coefficient (Wildman–Crippen LogP) is 3.80. The number of carbonyl (C=O) groups is 2. The third-order valence-electron chi connectivity index (χ3n) is 3.61. The van der Waals surface area contributed by atoms with Crippen LogP contribution in [0.5, 0.6) is 0 Å². The average molecular weight is 372 g/mol. The summed E-state index contributed by atoms with van der Waals surface area (Å²) in [5, 5.41) is 6.07. The first-order valence-corrected chi connectivity index (χ1v) is 7.90. The number of ether oxygens (including phenoxy) is 1. The first kappa shape index (κ1) is 18.2. The number of hydrogen-bond acceptors (Lipinski definition) is 5. The summed E-state index contributed by atoms with van der Waals surface area (Å²) in [7, 11) is 0. The number of rotatable bonds is 5. The molecular formula is C19H14F2N2O4. The first-order chi connectivity index (χ1) is 13.0. The van der Waals surface area contributed by atoms with E-state index in [1.165, 1.54) is 6.07 Å². The van der Waals surface area contributed by atoms with Gasteiger partial charge in [-0.2, -0.15) is 0 Å². The number of carbonyl (C=O) groups excluding carboxylic acids is 2. The van der Waals surface area contributed by atoms with E-state index in [1.54, 1.807) is 37.3 Å². The van der Waals surface area contributed by atoms with Gasteiger partial charge in [0.15, 0.2) is 5.82 Å². The van der Waals surface area contributed by atoms with Crippen LogP contribution in [0.25, 0.3) is 0 Å². The number of benzene rings is 2. The number of nitrogens with zero attached hydrogens (tertiary/aromatic N) is 1. The summed E-state index contributed by atoms with van der Waals surface area (Å²) < 4.78 is 37.7. The van der Waals surface area contributed by atoms with Gasteiger partial charge in [0.2, 0.25) is 6.10 Å². The summed E-state index contributed by atoms with van der Waals surface area (Å²) >= 11 is 0. The standard InChI is InChI=1S/C19H14F2N2O4/c1-11-10-15(23-27-11)22-18(24)17(12-6-3-2-4-7-12)26-19(25)16-13(20)8-5-9-14(16)21/h2-10,17H,1H3,(H,22,23,24)/t17-/m1/s1. The van der Waals surface area contributed by atoms with E-state index in [9.17, 15) is 18.4 Å². The Morgan fingerprint density at radius 1 is 1.07 bits per heavy atom. The van der Waals surface area contributed by atoms with E-state index < -0.39 is 35.2 Å². The lowest BCUT2D eigenvalue weighted by molar-refractivity contribution is -0.125. The van der Waals surface area contributed by atoms with E-state index in [4.69, 9.17) is 9.26 Å². The molecule has 1 amide bonds. The van der Waals surface area contributed by atoms with Gasteiger partial charge in [0, 0.05) is 11.6 Å². The van der Waals surface area contributed by atoms with Crippen LogP contribution in [-0.4, -0.2) is 17.0 Å². The predicted molar refractivity (Wildman–Crippen MR) is 90.8 cm³/mol. The molecule has 27 heavy (non-hydrogen) atoms. The van der Waals surface area contributed by atoms with E-state index in [0.29, 0.717) is 11.3 Å². The lowest BCUT2D eigenvalue weighted by Gasteiger charge is -2.17. The van der Waals surface area contributed by atoms with E-state index in [0.717, 1.165) is 18.2 Å². The van der Waals surface area contributed by atoms with E-state index in [-0.39, 0.29) is 5.82 Å². The van der Waals surface area contributed by atoms with Crippen molar-refractivity contribution in [3.63, 3.8) is 0 Å². The molecule has 0 bridgehead atoms. The Labute approximate surface area is 152 Å². The largest absolute Gasteiger partial charge is 0.444 e. The second-order valence-electron chi connectivity index (χ2n) is 5.60. The molecule has 3 rings (SSSR count). The molecule has 0 unspecified atom stereocenters. The van der Waals surface area contributed by atoms with E-state index >= 15 is 0 Å². The molecule has 1 aromatic heterocycles. The first-order valence-electron chi connectivity index (χ1n) is 7.90. The lowest BCUT2D eigenvalue weighted by Crippen LogP contribution is -2.26. The van der Waals surface area contributed by atoms with Crippen molar-refractivity contribution in [2.75, 3.05) is 5.32 Å². The molecule has 6 nitrogen and oxygen atoms in total. The molecule has 0 aliphatic carbocycles. The van der Waals surface area contributed by atoms with Crippen LogP contribution in [0.1, 0.15) is 27.8 Å². The third-order valence-corrected chi connectivity index (χ3v) is 3.61. The van der Waals surface area contributed by atoms with Crippen molar-refractivity contribution >= 4 is 17.7 Å². The number of anilines is 1. The second kappa shape index (κ2) is 7.77. The minimum Gasteiger partial charge on any atom is -0.444 e. The molecule has 0 aliphatic rings. The molecule has 3 aromatic rings. The van der Waals surface area contributed by atoms with E-state index in [1.807, 2.05) is 0 Å². The number of amides is 1. The third kappa shape index (κ3) is 4.17. The minimum absolute atomic E-state index is 0.117. The van der Waals surface area contributed by atoms with Crippen molar-refractivity contribution in [2.45, 2.75) is 13.0 Å². The van der Waals surface area contributed by atoms with Crippen molar-refractivity contribution in [2.24, 2.45) is 0 Å². The quantitative estimate of drug-likeness (QED) is 0.689. The highest BCUT2D eigenvalue weighted by Gasteiger charge is 2.29. The van der Waals surface area contributed by atoms with Gasteiger partial charge in [0.1, 0.15) is 23.0 Å². The SMILES string of the molecule is Cc1cc(NC(=O)[C@H](OC(=O)c2c(F)cccc2F)c2ccccc2)no1. The molecule has 0 aliphatic heterocycles. The summed E-state index contributed by atoms with van der Waals surface area (Å²) in [5.74, 6) is -3.64. The minimum atomic E-state index is -1.45. The summed E-state index contributed by atoms with van der Waals surface area (Å²) in [4.78, 5) is 24.9. The van der Waals surface area contributed by atoms with Crippen LogP contribution < -0.4 is 5.32 Å². The van der Waals surface area contributed by atoms with Crippen LogP contribution >= 0.6 is 0 Å². The Hall–Kier alpha value is -3.55. The maximum atomic E-state index is 13.8. The second-order valence-corrected chi connectivity index (χ2v) is 5.60. The van der Waals surface area contributed by atoms with Gasteiger partial charge in [-0.25, -0.2) is 13.6 Å². The number of aromatic nitrogens is 1. The fourth-order valence-corrected chi connectivity index (χ4v) is 2.38. The van der Waals surface area contributed by atoms with Crippen LogP contribution in [0, 0.1) is 18.6 Å². The lowest BCUT2D eigenvalue weighted by atomic mass is 10.1. The fourth-order valence-electron chi connectivity index (χ4n) is 2.38. The van der Waals surface area contributed by atoms with Gasteiger partial charge in [-0.3, -0.25) is 4.79 Å². The Bertz CT molecular complexity index is 953. The number of halogens is 2. The molecule has 0 fully saturated rings. The van der Waals surface area contributed by atoms with Crippen molar-refractivity contribution in [3.8, 4) is 0 Å². The summed E-state index contributed by atoms with van der Waals surface area (Å²) in [6, 6.07) is 12.5. The zero-order chi connectivity index (χ0) is 19.4. The highest BCUT2D eigenvalue weighted by Crippen LogP contribution is 2.23. The van der Waals surface area contributed by atoms with E-state index in [2.05, 4.69) is 10.5 Å². The van der Waals surface area contributed by atoms with Crippen molar-refractivity contribution in [3.05, 3.63) is 83.1 Å².